The molecule has 0 aliphatic carbocycles. The average molecular weight is 313 g/mol. The molecule has 0 spiro atoms. The molecular formula is C19H23NO3. The molecule has 122 valence electrons. The first kappa shape index (κ1) is 17.0. The summed E-state index contributed by atoms with van der Waals surface area (Å²) in [5, 5.41) is 2.86. The van der Waals surface area contributed by atoms with Gasteiger partial charge in [-0.1, -0.05) is 42.0 Å². The van der Waals surface area contributed by atoms with Gasteiger partial charge in [0.05, 0.1) is 6.61 Å². The fourth-order valence-corrected chi connectivity index (χ4v) is 2.35. The largest absolute Gasteiger partial charge is 0.484 e. The van der Waals surface area contributed by atoms with Crippen LogP contribution >= 0.6 is 0 Å². The molecule has 0 aliphatic rings. The number of carbonyl (C=O) groups excluding carboxylic acids is 1. The minimum absolute atomic E-state index is 0.0155. The number of hydrogen-bond acceptors (Lipinski definition) is 3. The smallest absolute Gasteiger partial charge is 0.258 e. The second-order valence-electron chi connectivity index (χ2n) is 5.59. The maximum atomic E-state index is 11.9. The number of carbonyl (C=O) groups is 1. The molecule has 4 heteroatoms. The second kappa shape index (κ2) is 8.34. The molecule has 1 amide bonds. The summed E-state index contributed by atoms with van der Waals surface area (Å²) in [6.07, 6.45) is 0. The molecule has 0 atom stereocenters. The molecule has 0 bridgehead atoms. The number of ether oxygens (including phenoxy) is 2. The molecule has 2 rings (SSSR count). The highest BCUT2D eigenvalue weighted by molar-refractivity contribution is 5.77. The molecule has 0 aromatic heterocycles. The molecule has 0 radical (unpaired) electrons. The summed E-state index contributed by atoms with van der Waals surface area (Å²) in [5.41, 5.74) is 4.34. The number of nitrogens with one attached hydrogen (secondary N) is 1. The molecule has 4 nitrogen and oxygen atoms in total. The zero-order chi connectivity index (χ0) is 16.7. The molecule has 0 aliphatic heterocycles. The Labute approximate surface area is 137 Å². The topological polar surface area (TPSA) is 47.6 Å². The van der Waals surface area contributed by atoms with Crippen molar-refractivity contribution >= 4 is 5.91 Å². The van der Waals surface area contributed by atoms with Crippen LogP contribution in [0.25, 0.3) is 0 Å². The third-order valence-corrected chi connectivity index (χ3v) is 3.48. The Hall–Kier alpha value is -2.33. The molecule has 0 unspecified atom stereocenters. The van der Waals surface area contributed by atoms with E-state index in [-0.39, 0.29) is 12.5 Å². The first-order valence-corrected chi connectivity index (χ1v) is 7.62. The molecule has 2 aromatic carbocycles. The van der Waals surface area contributed by atoms with E-state index in [1.807, 2.05) is 56.3 Å². The van der Waals surface area contributed by atoms with Crippen LogP contribution in [0.2, 0.25) is 0 Å². The van der Waals surface area contributed by atoms with Gasteiger partial charge in [0.1, 0.15) is 5.75 Å². The zero-order valence-corrected chi connectivity index (χ0v) is 13.9. The standard InChI is InChI=1S/C19H23NO3/c1-14-7-8-18(15(2)9-14)23-13-19(21)20-11-16-5-4-6-17(10-16)12-22-3/h4-10H,11-13H2,1-3H3,(H,20,21). The van der Waals surface area contributed by atoms with E-state index in [4.69, 9.17) is 9.47 Å². The minimum Gasteiger partial charge on any atom is -0.484 e. The van der Waals surface area contributed by atoms with E-state index in [0.29, 0.717) is 13.2 Å². The van der Waals surface area contributed by atoms with Gasteiger partial charge >= 0.3 is 0 Å². The lowest BCUT2D eigenvalue weighted by molar-refractivity contribution is -0.123. The van der Waals surface area contributed by atoms with Gasteiger partial charge in [-0.05, 0) is 36.6 Å². The van der Waals surface area contributed by atoms with E-state index in [9.17, 15) is 4.79 Å². The molecule has 0 heterocycles. The Morgan fingerprint density at radius 2 is 1.87 bits per heavy atom. The summed E-state index contributed by atoms with van der Waals surface area (Å²) >= 11 is 0. The Kier molecular flexibility index (Phi) is 6.18. The number of methoxy groups -OCH3 is 1. The van der Waals surface area contributed by atoms with Crippen molar-refractivity contribution in [2.45, 2.75) is 27.0 Å². The van der Waals surface area contributed by atoms with Crippen LogP contribution in [0.15, 0.2) is 42.5 Å². The van der Waals surface area contributed by atoms with Gasteiger partial charge in [0.15, 0.2) is 6.61 Å². The van der Waals surface area contributed by atoms with E-state index in [1.165, 1.54) is 5.56 Å². The number of hydrogen-bond donors (Lipinski definition) is 1. The lowest BCUT2D eigenvalue weighted by Gasteiger charge is -2.10. The lowest BCUT2D eigenvalue weighted by atomic mass is 10.1. The van der Waals surface area contributed by atoms with Crippen molar-refractivity contribution in [3.8, 4) is 5.75 Å². The Morgan fingerprint density at radius 1 is 1.09 bits per heavy atom. The summed E-state index contributed by atoms with van der Waals surface area (Å²) in [6, 6.07) is 13.9. The third-order valence-electron chi connectivity index (χ3n) is 3.48. The Bertz CT molecular complexity index is 667. The minimum atomic E-state index is -0.137. The predicted molar refractivity (Wildman–Crippen MR) is 90.4 cm³/mol. The van der Waals surface area contributed by atoms with Crippen LogP contribution in [-0.4, -0.2) is 19.6 Å². The van der Waals surface area contributed by atoms with Crippen molar-refractivity contribution < 1.29 is 14.3 Å². The fraction of sp³-hybridized carbons (Fsp3) is 0.316. The van der Waals surface area contributed by atoms with Crippen LogP contribution in [0.1, 0.15) is 22.3 Å². The lowest BCUT2D eigenvalue weighted by Crippen LogP contribution is -2.28. The van der Waals surface area contributed by atoms with Gasteiger partial charge in [-0.2, -0.15) is 0 Å². The molecule has 2 aromatic rings. The van der Waals surface area contributed by atoms with Gasteiger partial charge in [-0.3, -0.25) is 4.79 Å². The van der Waals surface area contributed by atoms with Crippen molar-refractivity contribution in [3.63, 3.8) is 0 Å². The summed E-state index contributed by atoms with van der Waals surface area (Å²) in [5.74, 6) is 0.606. The van der Waals surface area contributed by atoms with Crippen molar-refractivity contribution in [2.75, 3.05) is 13.7 Å². The fourth-order valence-electron chi connectivity index (χ4n) is 2.35. The predicted octanol–water partition coefficient (Wildman–Crippen LogP) is 3.15. The number of rotatable bonds is 7. The molecule has 1 N–H and O–H groups in total. The molecule has 23 heavy (non-hydrogen) atoms. The number of benzene rings is 2. The summed E-state index contributed by atoms with van der Waals surface area (Å²) in [4.78, 5) is 11.9. The maximum Gasteiger partial charge on any atom is 0.258 e. The monoisotopic (exact) mass is 313 g/mol. The summed E-state index contributed by atoms with van der Waals surface area (Å²) in [7, 11) is 1.67. The van der Waals surface area contributed by atoms with E-state index in [1.54, 1.807) is 7.11 Å². The van der Waals surface area contributed by atoms with Gasteiger partial charge < -0.3 is 14.8 Å². The summed E-state index contributed by atoms with van der Waals surface area (Å²) in [6.45, 7) is 5.06. The van der Waals surface area contributed by atoms with Gasteiger partial charge in [0.25, 0.3) is 5.91 Å². The van der Waals surface area contributed by atoms with Crippen LogP contribution in [0, 0.1) is 13.8 Å². The van der Waals surface area contributed by atoms with Crippen LogP contribution in [0.3, 0.4) is 0 Å². The molecular weight excluding hydrogens is 290 g/mol. The van der Waals surface area contributed by atoms with Gasteiger partial charge in [-0.15, -0.1) is 0 Å². The molecule has 0 fully saturated rings. The van der Waals surface area contributed by atoms with Crippen LogP contribution < -0.4 is 10.1 Å². The highest BCUT2D eigenvalue weighted by atomic mass is 16.5. The van der Waals surface area contributed by atoms with Gasteiger partial charge in [0, 0.05) is 13.7 Å². The molecule has 0 saturated heterocycles. The average Bonchev–Trinajstić information content (AvgIpc) is 2.53. The quantitative estimate of drug-likeness (QED) is 0.854. The summed E-state index contributed by atoms with van der Waals surface area (Å²) < 4.78 is 10.7. The third kappa shape index (κ3) is 5.42. The zero-order valence-electron chi connectivity index (χ0n) is 13.9. The SMILES string of the molecule is COCc1cccc(CNC(=O)COc2ccc(C)cc2C)c1. The number of aryl methyl sites for hydroxylation is 2. The normalized spacial score (nSPS) is 10.4. The highest BCUT2D eigenvalue weighted by Gasteiger charge is 2.05. The van der Waals surface area contributed by atoms with Crippen molar-refractivity contribution in [3.05, 3.63) is 64.7 Å². The van der Waals surface area contributed by atoms with Crippen molar-refractivity contribution in [2.24, 2.45) is 0 Å². The maximum absolute atomic E-state index is 11.9. The van der Waals surface area contributed by atoms with Crippen LogP contribution in [0.5, 0.6) is 5.75 Å². The van der Waals surface area contributed by atoms with Crippen molar-refractivity contribution in [1.29, 1.82) is 0 Å². The first-order chi connectivity index (χ1) is 11.1. The second-order valence-corrected chi connectivity index (χ2v) is 5.59. The van der Waals surface area contributed by atoms with Gasteiger partial charge in [0.2, 0.25) is 0 Å². The van der Waals surface area contributed by atoms with Crippen LogP contribution in [0.4, 0.5) is 0 Å². The van der Waals surface area contributed by atoms with E-state index >= 15 is 0 Å². The van der Waals surface area contributed by atoms with E-state index in [0.717, 1.165) is 22.4 Å². The van der Waals surface area contributed by atoms with E-state index < -0.39 is 0 Å². The Morgan fingerprint density at radius 3 is 2.61 bits per heavy atom. The number of amides is 1. The highest BCUT2D eigenvalue weighted by Crippen LogP contribution is 2.18. The van der Waals surface area contributed by atoms with E-state index in [2.05, 4.69) is 5.32 Å². The van der Waals surface area contributed by atoms with Gasteiger partial charge in [-0.25, -0.2) is 0 Å². The van der Waals surface area contributed by atoms with Crippen LogP contribution in [-0.2, 0) is 22.7 Å². The van der Waals surface area contributed by atoms with Crippen molar-refractivity contribution in [1.82, 2.24) is 5.32 Å². The Balaban J connectivity index is 1.82. The first-order valence-electron chi connectivity index (χ1n) is 7.62. The molecule has 0 saturated carbocycles.